The van der Waals surface area contributed by atoms with Gasteiger partial charge in [-0.3, -0.25) is 9.59 Å². The molecule has 2 aromatic carbocycles. The molecule has 2 N–H and O–H groups in total. The molecule has 0 atom stereocenters. The second kappa shape index (κ2) is 9.61. The van der Waals surface area contributed by atoms with Crippen molar-refractivity contribution in [2.75, 3.05) is 14.2 Å². The van der Waals surface area contributed by atoms with E-state index in [1.165, 1.54) is 18.8 Å². The summed E-state index contributed by atoms with van der Waals surface area (Å²) in [6.45, 7) is 1.76. The van der Waals surface area contributed by atoms with Crippen LogP contribution in [-0.2, 0) is 20.0 Å². The van der Waals surface area contributed by atoms with Gasteiger partial charge in [0.15, 0.2) is 11.8 Å². The first-order valence-electron chi connectivity index (χ1n) is 11.2. The second-order valence-electron chi connectivity index (χ2n) is 8.30. The van der Waals surface area contributed by atoms with E-state index in [2.05, 4.69) is 0 Å². The third-order valence-electron chi connectivity index (χ3n) is 6.40. The van der Waals surface area contributed by atoms with E-state index in [-0.39, 0.29) is 13.0 Å². The van der Waals surface area contributed by atoms with E-state index in [0.29, 0.717) is 39.6 Å². The Morgan fingerprint density at radius 2 is 1.83 bits per heavy atom. The molecule has 0 spiro atoms. The number of hydrogen-bond donors (Lipinski definition) is 2. The van der Waals surface area contributed by atoms with Crippen molar-refractivity contribution in [2.24, 2.45) is 7.05 Å². The summed E-state index contributed by atoms with van der Waals surface area (Å²) in [4.78, 5) is 36.9. The van der Waals surface area contributed by atoms with Gasteiger partial charge in [-0.15, -0.1) is 0 Å². The fraction of sp³-hybridized carbons (Fsp3) is 0.222. The molecule has 0 bridgehead atoms. The standard InChI is InChI=1S/C27H26N2O7/c1-5-20-24(15-7-9-21-17(10-15)11-18(14-30)28(21)2)29(26(32)23(25(20)31)27(33)34)13-16-6-8-19(35-3)12-22(16)36-4/h6-12,14,31H,5,13H2,1-4H3,(H,33,34). The minimum atomic E-state index is -1.51. The molecule has 0 radical (unpaired) electrons. The number of rotatable bonds is 8. The number of pyridine rings is 1. The molecule has 0 aliphatic rings. The van der Waals surface area contributed by atoms with Gasteiger partial charge in [0.1, 0.15) is 17.2 Å². The summed E-state index contributed by atoms with van der Waals surface area (Å²) in [5, 5.41) is 21.4. The summed E-state index contributed by atoms with van der Waals surface area (Å²) in [7, 11) is 4.80. The van der Waals surface area contributed by atoms with Crippen LogP contribution in [0.25, 0.3) is 22.2 Å². The molecule has 0 aliphatic carbocycles. The molecule has 0 fully saturated rings. The molecule has 9 heteroatoms. The Morgan fingerprint density at radius 1 is 1.08 bits per heavy atom. The average Bonchev–Trinajstić information content (AvgIpc) is 3.20. The third-order valence-corrected chi connectivity index (χ3v) is 6.40. The zero-order valence-corrected chi connectivity index (χ0v) is 20.4. The number of methoxy groups -OCH3 is 2. The van der Waals surface area contributed by atoms with Crippen LogP contribution >= 0.6 is 0 Å². The molecule has 0 saturated carbocycles. The maximum atomic E-state index is 13.5. The van der Waals surface area contributed by atoms with Gasteiger partial charge in [0.2, 0.25) is 0 Å². The number of aromatic nitrogens is 2. The third kappa shape index (κ3) is 3.98. The first-order chi connectivity index (χ1) is 17.2. The van der Waals surface area contributed by atoms with Crippen molar-refractivity contribution in [3.05, 3.63) is 75.2 Å². The molecule has 0 unspecified atom stereocenters. The minimum Gasteiger partial charge on any atom is -0.506 e. The molecule has 4 rings (SSSR count). The lowest BCUT2D eigenvalue weighted by molar-refractivity contribution is 0.0690. The van der Waals surface area contributed by atoms with Crippen molar-refractivity contribution < 1.29 is 29.3 Å². The van der Waals surface area contributed by atoms with Crippen LogP contribution in [0.5, 0.6) is 17.2 Å². The number of nitrogens with zero attached hydrogens (tertiary/aromatic N) is 2. The first kappa shape index (κ1) is 24.6. The zero-order chi connectivity index (χ0) is 26.1. The lowest BCUT2D eigenvalue weighted by Gasteiger charge is -2.21. The molecule has 186 valence electrons. The van der Waals surface area contributed by atoms with Crippen molar-refractivity contribution in [2.45, 2.75) is 19.9 Å². The molecular weight excluding hydrogens is 464 g/mol. The highest BCUT2D eigenvalue weighted by Gasteiger charge is 2.26. The first-order valence-corrected chi connectivity index (χ1v) is 11.2. The lowest BCUT2D eigenvalue weighted by atomic mass is 9.98. The number of fused-ring (bicyclic) bond motifs is 1. The Morgan fingerprint density at radius 3 is 2.44 bits per heavy atom. The summed E-state index contributed by atoms with van der Waals surface area (Å²) >= 11 is 0. The predicted octanol–water partition coefficient (Wildman–Crippen LogP) is 3.85. The molecule has 0 aliphatic heterocycles. The molecule has 9 nitrogen and oxygen atoms in total. The van der Waals surface area contributed by atoms with E-state index in [9.17, 15) is 24.6 Å². The van der Waals surface area contributed by atoms with E-state index < -0.39 is 22.8 Å². The number of hydrogen-bond acceptors (Lipinski definition) is 6. The average molecular weight is 491 g/mol. The fourth-order valence-corrected chi connectivity index (χ4v) is 4.56. The molecule has 2 heterocycles. The Balaban J connectivity index is 2.04. The van der Waals surface area contributed by atoms with Crippen LogP contribution in [0.15, 0.2) is 47.3 Å². The predicted molar refractivity (Wildman–Crippen MR) is 135 cm³/mol. The van der Waals surface area contributed by atoms with Crippen molar-refractivity contribution in [1.29, 1.82) is 0 Å². The van der Waals surface area contributed by atoms with Gasteiger partial charge in [0.25, 0.3) is 5.56 Å². The van der Waals surface area contributed by atoms with E-state index in [4.69, 9.17) is 9.47 Å². The Bertz CT molecular complexity index is 1560. The second-order valence-corrected chi connectivity index (χ2v) is 8.30. The van der Waals surface area contributed by atoms with Gasteiger partial charge < -0.3 is 28.8 Å². The van der Waals surface area contributed by atoms with Crippen LogP contribution in [0.4, 0.5) is 0 Å². The van der Waals surface area contributed by atoms with Gasteiger partial charge in [-0.2, -0.15) is 0 Å². The van der Waals surface area contributed by atoms with Crippen LogP contribution in [0.1, 0.15) is 38.9 Å². The zero-order valence-electron chi connectivity index (χ0n) is 20.4. The molecular formula is C27H26N2O7. The number of ether oxygens (including phenoxy) is 2. The summed E-state index contributed by atoms with van der Waals surface area (Å²) < 4.78 is 13.9. The van der Waals surface area contributed by atoms with E-state index >= 15 is 0 Å². The number of carbonyl (C=O) groups excluding carboxylic acids is 1. The summed E-state index contributed by atoms with van der Waals surface area (Å²) in [6.07, 6.45) is 1.03. The molecule has 36 heavy (non-hydrogen) atoms. The monoisotopic (exact) mass is 490 g/mol. The van der Waals surface area contributed by atoms with E-state index in [1.807, 2.05) is 12.1 Å². The van der Waals surface area contributed by atoms with Crippen molar-refractivity contribution in [3.63, 3.8) is 0 Å². The highest BCUT2D eigenvalue weighted by molar-refractivity contribution is 5.94. The largest absolute Gasteiger partial charge is 0.506 e. The van der Waals surface area contributed by atoms with Crippen LogP contribution < -0.4 is 15.0 Å². The number of carboxylic acids is 1. The van der Waals surface area contributed by atoms with E-state index in [1.54, 1.807) is 48.9 Å². The lowest BCUT2D eigenvalue weighted by Crippen LogP contribution is -2.30. The maximum absolute atomic E-state index is 13.5. The number of aromatic hydroxyl groups is 1. The Kier molecular flexibility index (Phi) is 6.57. The molecule has 0 saturated heterocycles. The topological polar surface area (TPSA) is 120 Å². The van der Waals surface area contributed by atoms with Gasteiger partial charge in [0, 0.05) is 35.1 Å². The van der Waals surface area contributed by atoms with E-state index in [0.717, 1.165) is 17.2 Å². The number of aromatic carboxylic acids is 1. The number of aryl methyl sites for hydroxylation is 1. The fourth-order valence-electron chi connectivity index (χ4n) is 4.56. The van der Waals surface area contributed by atoms with Crippen LogP contribution in [0, 0.1) is 0 Å². The Labute approximate surface area is 206 Å². The number of benzene rings is 2. The minimum absolute atomic E-state index is 0.0126. The Hall–Kier alpha value is -4.53. The van der Waals surface area contributed by atoms with Crippen LogP contribution in [-0.4, -0.2) is 45.8 Å². The quantitative estimate of drug-likeness (QED) is 0.360. The highest BCUT2D eigenvalue weighted by Crippen LogP contribution is 2.35. The molecule has 2 aromatic heterocycles. The summed E-state index contributed by atoms with van der Waals surface area (Å²) in [6, 6.07) is 12.3. The normalized spacial score (nSPS) is 11.0. The number of aldehydes is 1. The van der Waals surface area contributed by atoms with Gasteiger partial charge in [0.05, 0.1) is 32.2 Å². The van der Waals surface area contributed by atoms with Gasteiger partial charge in [-0.25, -0.2) is 4.79 Å². The van der Waals surface area contributed by atoms with Crippen molar-refractivity contribution in [3.8, 4) is 28.5 Å². The van der Waals surface area contributed by atoms with Crippen molar-refractivity contribution in [1.82, 2.24) is 9.13 Å². The van der Waals surface area contributed by atoms with Crippen molar-refractivity contribution >= 4 is 23.2 Å². The smallest absolute Gasteiger partial charge is 0.345 e. The van der Waals surface area contributed by atoms with Gasteiger partial charge in [-0.1, -0.05) is 13.0 Å². The number of carbonyl (C=O) groups is 2. The SMILES string of the molecule is CCc1c(O)c(C(=O)O)c(=O)n(Cc2ccc(OC)cc2OC)c1-c1ccc2c(c1)cc(C=O)n2C. The molecule has 0 amide bonds. The highest BCUT2D eigenvalue weighted by atomic mass is 16.5. The molecule has 4 aromatic rings. The maximum Gasteiger partial charge on any atom is 0.345 e. The van der Waals surface area contributed by atoms with Crippen LogP contribution in [0.2, 0.25) is 0 Å². The van der Waals surface area contributed by atoms with Gasteiger partial charge in [-0.05, 0) is 42.3 Å². The summed E-state index contributed by atoms with van der Waals surface area (Å²) in [5.74, 6) is -1.03. The summed E-state index contributed by atoms with van der Waals surface area (Å²) in [5.41, 5.74) is 1.71. The van der Waals surface area contributed by atoms with Crippen LogP contribution in [0.3, 0.4) is 0 Å². The van der Waals surface area contributed by atoms with Gasteiger partial charge >= 0.3 is 5.97 Å². The number of carboxylic acid groups (broad SMARTS) is 1.